The van der Waals surface area contributed by atoms with E-state index in [1.165, 1.54) is 6.33 Å². The van der Waals surface area contributed by atoms with Crippen LogP contribution in [-0.2, 0) is 17.8 Å². The Kier molecular flexibility index (Phi) is 3.79. The Labute approximate surface area is 110 Å². The van der Waals surface area contributed by atoms with Gasteiger partial charge in [0.2, 0.25) is 0 Å². The Bertz CT molecular complexity index is 574. The fourth-order valence-electron chi connectivity index (χ4n) is 1.69. The first-order chi connectivity index (χ1) is 9.17. The summed E-state index contributed by atoms with van der Waals surface area (Å²) < 4.78 is 8.41. The van der Waals surface area contributed by atoms with E-state index in [0.29, 0.717) is 6.54 Å². The van der Waals surface area contributed by atoms with Gasteiger partial charge in [-0.25, -0.2) is 9.78 Å². The van der Waals surface area contributed by atoms with Crippen LogP contribution in [0.4, 0.5) is 5.82 Å². The number of aryl methyl sites for hydroxylation is 1. The number of esters is 1. The molecule has 0 aliphatic rings. The minimum atomic E-state index is -0.518. The van der Waals surface area contributed by atoms with Crippen LogP contribution in [0.25, 0.3) is 0 Å². The van der Waals surface area contributed by atoms with Crippen molar-refractivity contribution in [1.29, 1.82) is 0 Å². The summed E-state index contributed by atoms with van der Waals surface area (Å²) in [4.78, 5) is 15.6. The molecule has 0 spiro atoms. The molecule has 0 fully saturated rings. The van der Waals surface area contributed by atoms with Gasteiger partial charge in [-0.2, -0.15) is 0 Å². The van der Waals surface area contributed by atoms with Crippen LogP contribution in [0.15, 0.2) is 12.7 Å². The molecule has 102 valence electrons. The van der Waals surface area contributed by atoms with Crippen molar-refractivity contribution in [2.75, 3.05) is 12.3 Å². The van der Waals surface area contributed by atoms with Crippen LogP contribution in [0.3, 0.4) is 0 Å². The first-order valence-electron chi connectivity index (χ1n) is 6.01. The van der Waals surface area contributed by atoms with E-state index in [1.54, 1.807) is 17.8 Å². The second kappa shape index (κ2) is 5.51. The molecule has 2 aromatic rings. The summed E-state index contributed by atoms with van der Waals surface area (Å²) in [7, 11) is 0. The Morgan fingerprint density at radius 3 is 2.84 bits per heavy atom. The minimum absolute atomic E-state index is 0.129. The van der Waals surface area contributed by atoms with Gasteiger partial charge in [0, 0.05) is 6.54 Å². The average Bonchev–Trinajstić information content (AvgIpc) is 2.98. The molecule has 0 aliphatic heterocycles. The largest absolute Gasteiger partial charge is 0.461 e. The van der Waals surface area contributed by atoms with Crippen LogP contribution in [0.1, 0.15) is 30.2 Å². The normalized spacial score (nSPS) is 10.6. The van der Waals surface area contributed by atoms with E-state index < -0.39 is 5.97 Å². The molecule has 0 atom stereocenters. The van der Waals surface area contributed by atoms with Gasteiger partial charge in [0.1, 0.15) is 12.1 Å². The van der Waals surface area contributed by atoms with E-state index in [1.807, 2.05) is 11.5 Å². The standard InChI is InChI=1S/C11H16N6O2/c1-3-16-7-14-15-8(16)5-17-6-13-9(10(17)12)11(18)19-4-2/h6-7H,3-5,12H2,1-2H3. The molecule has 0 bridgehead atoms. The summed E-state index contributed by atoms with van der Waals surface area (Å²) in [6.45, 7) is 5.19. The number of hydrogen-bond donors (Lipinski definition) is 1. The lowest BCUT2D eigenvalue weighted by Gasteiger charge is -2.06. The summed E-state index contributed by atoms with van der Waals surface area (Å²) in [5.41, 5.74) is 6.01. The van der Waals surface area contributed by atoms with E-state index in [-0.39, 0.29) is 18.1 Å². The minimum Gasteiger partial charge on any atom is -0.461 e. The fourth-order valence-corrected chi connectivity index (χ4v) is 1.69. The molecule has 2 heterocycles. The second-order valence-electron chi connectivity index (χ2n) is 3.86. The molecule has 8 nitrogen and oxygen atoms in total. The topological polar surface area (TPSA) is 101 Å². The molecule has 2 aromatic heterocycles. The van der Waals surface area contributed by atoms with Gasteiger partial charge in [0.25, 0.3) is 0 Å². The Hall–Kier alpha value is -2.38. The van der Waals surface area contributed by atoms with Crippen molar-refractivity contribution in [3.8, 4) is 0 Å². The average molecular weight is 264 g/mol. The molecule has 0 saturated heterocycles. The third kappa shape index (κ3) is 2.56. The summed E-state index contributed by atoms with van der Waals surface area (Å²) in [6, 6.07) is 0. The van der Waals surface area contributed by atoms with Gasteiger partial charge in [-0.3, -0.25) is 0 Å². The predicted molar refractivity (Wildman–Crippen MR) is 67.4 cm³/mol. The number of nitrogen functional groups attached to an aromatic ring is 1. The van der Waals surface area contributed by atoms with Gasteiger partial charge in [-0.05, 0) is 13.8 Å². The molecule has 0 saturated carbocycles. The number of anilines is 1. The molecule has 0 aromatic carbocycles. The van der Waals surface area contributed by atoms with Crippen molar-refractivity contribution in [3.63, 3.8) is 0 Å². The smallest absolute Gasteiger partial charge is 0.360 e. The highest BCUT2D eigenvalue weighted by Crippen LogP contribution is 2.13. The number of ether oxygens (including phenoxy) is 1. The molecule has 0 radical (unpaired) electrons. The van der Waals surface area contributed by atoms with E-state index in [2.05, 4.69) is 15.2 Å². The highest BCUT2D eigenvalue weighted by atomic mass is 16.5. The number of nitrogens with zero attached hydrogens (tertiary/aromatic N) is 5. The van der Waals surface area contributed by atoms with Crippen LogP contribution < -0.4 is 5.73 Å². The Balaban J connectivity index is 2.21. The monoisotopic (exact) mass is 264 g/mol. The number of carbonyl (C=O) groups excluding carboxylic acids is 1. The van der Waals surface area contributed by atoms with Crippen LogP contribution in [-0.4, -0.2) is 36.9 Å². The molecule has 0 amide bonds. The van der Waals surface area contributed by atoms with Crippen LogP contribution in [0.5, 0.6) is 0 Å². The number of aromatic nitrogens is 5. The third-order valence-electron chi connectivity index (χ3n) is 2.70. The van der Waals surface area contributed by atoms with Crippen LogP contribution >= 0.6 is 0 Å². The number of carbonyl (C=O) groups is 1. The van der Waals surface area contributed by atoms with Gasteiger partial charge in [-0.15, -0.1) is 10.2 Å². The summed E-state index contributed by atoms with van der Waals surface area (Å²) >= 11 is 0. The molecule has 0 unspecified atom stereocenters. The maximum Gasteiger partial charge on any atom is 0.360 e. The molecule has 19 heavy (non-hydrogen) atoms. The number of imidazole rings is 1. The van der Waals surface area contributed by atoms with Crippen molar-refractivity contribution >= 4 is 11.8 Å². The zero-order valence-electron chi connectivity index (χ0n) is 10.9. The van der Waals surface area contributed by atoms with Gasteiger partial charge < -0.3 is 19.6 Å². The predicted octanol–water partition coefficient (Wildman–Crippen LogP) is 0.302. The van der Waals surface area contributed by atoms with E-state index >= 15 is 0 Å². The van der Waals surface area contributed by atoms with Crippen molar-refractivity contribution in [2.45, 2.75) is 26.9 Å². The maximum absolute atomic E-state index is 11.6. The zero-order chi connectivity index (χ0) is 13.8. The van der Waals surface area contributed by atoms with E-state index in [0.717, 1.165) is 12.4 Å². The number of hydrogen-bond acceptors (Lipinski definition) is 6. The van der Waals surface area contributed by atoms with Gasteiger partial charge in [-0.1, -0.05) is 0 Å². The van der Waals surface area contributed by atoms with Gasteiger partial charge in [0.05, 0.1) is 19.5 Å². The number of nitrogens with two attached hydrogens (primary N) is 1. The SMILES string of the molecule is CCOC(=O)c1ncn(Cc2nncn2CC)c1N. The maximum atomic E-state index is 11.6. The van der Waals surface area contributed by atoms with Crippen molar-refractivity contribution in [1.82, 2.24) is 24.3 Å². The summed E-state index contributed by atoms with van der Waals surface area (Å²) in [6.07, 6.45) is 3.14. The number of rotatable bonds is 5. The molecule has 2 N–H and O–H groups in total. The molecular weight excluding hydrogens is 248 g/mol. The van der Waals surface area contributed by atoms with Gasteiger partial charge >= 0.3 is 5.97 Å². The second-order valence-corrected chi connectivity index (χ2v) is 3.86. The van der Waals surface area contributed by atoms with Crippen molar-refractivity contribution in [3.05, 3.63) is 24.2 Å². The quantitative estimate of drug-likeness (QED) is 0.779. The first kappa shape index (κ1) is 13.1. The summed E-state index contributed by atoms with van der Waals surface area (Å²) in [5, 5.41) is 7.84. The lowest BCUT2D eigenvalue weighted by molar-refractivity contribution is 0.0521. The molecule has 8 heteroatoms. The highest BCUT2D eigenvalue weighted by Gasteiger charge is 2.17. The van der Waals surface area contributed by atoms with Crippen molar-refractivity contribution in [2.24, 2.45) is 0 Å². The molecular formula is C11H16N6O2. The zero-order valence-corrected chi connectivity index (χ0v) is 10.9. The van der Waals surface area contributed by atoms with E-state index in [9.17, 15) is 4.79 Å². The van der Waals surface area contributed by atoms with Crippen molar-refractivity contribution < 1.29 is 9.53 Å². The molecule has 0 aliphatic carbocycles. The fraction of sp³-hybridized carbons (Fsp3) is 0.455. The first-order valence-corrected chi connectivity index (χ1v) is 6.01. The highest BCUT2D eigenvalue weighted by molar-refractivity contribution is 5.92. The lowest BCUT2D eigenvalue weighted by Crippen LogP contribution is -2.12. The van der Waals surface area contributed by atoms with E-state index in [4.69, 9.17) is 10.5 Å². The van der Waals surface area contributed by atoms with Gasteiger partial charge in [0.15, 0.2) is 11.5 Å². The molecule has 2 rings (SSSR count). The Morgan fingerprint density at radius 2 is 2.16 bits per heavy atom. The Morgan fingerprint density at radius 1 is 1.37 bits per heavy atom. The van der Waals surface area contributed by atoms with Crippen LogP contribution in [0.2, 0.25) is 0 Å². The lowest BCUT2D eigenvalue weighted by atomic mass is 10.4. The van der Waals surface area contributed by atoms with Crippen LogP contribution in [0, 0.1) is 0 Å². The summed E-state index contributed by atoms with van der Waals surface area (Å²) in [5.74, 6) is 0.502. The third-order valence-corrected chi connectivity index (χ3v) is 2.70.